The Balaban J connectivity index is 2.92. The van der Waals surface area contributed by atoms with Crippen molar-refractivity contribution < 1.29 is 9.84 Å². The normalized spacial score (nSPS) is 14.7. The summed E-state index contributed by atoms with van der Waals surface area (Å²) in [5, 5.41) is 13.3. The van der Waals surface area contributed by atoms with Crippen molar-refractivity contribution in [3.05, 3.63) is 29.8 Å². The number of ether oxygens (including phenoxy) is 1. The summed E-state index contributed by atoms with van der Waals surface area (Å²) in [5.74, 6) is 0.735. The lowest BCUT2D eigenvalue weighted by molar-refractivity contribution is 0.0460. The summed E-state index contributed by atoms with van der Waals surface area (Å²) < 4.78 is 5.23. The van der Waals surface area contributed by atoms with E-state index in [1.54, 1.807) is 7.11 Å². The number of hydrogen-bond acceptors (Lipinski definition) is 3. The molecule has 0 aliphatic rings. The van der Waals surface area contributed by atoms with Gasteiger partial charge < -0.3 is 15.2 Å². The largest absolute Gasteiger partial charge is 0.496 e. The summed E-state index contributed by atoms with van der Waals surface area (Å²) in [6, 6.07) is 7.57. The van der Waals surface area contributed by atoms with Crippen LogP contribution in [0.1, 0.15) is 18.9 Å². The second kappa shape index (κ2) is 5.14. The molecule has 2 N–H and O–H groups in total. The molecule has 0 heterocycles. The summed E-state index contributed by atoms with van der Waals surface area (Å²) >= 11 is 0. The van der Waals surface area contributed by atoms with E-state index in [0.717, 1.165) is 17.9 Å². The predicted octanol–water partition coefficient (Wildman–Crippen LogP) is 1.51. The zero-order valence-corrected chi connectivity index (χ0v) is 9.58. The van der Waals surface area contributed by atoms with Crippen LogP contribution in [0.25, 0.3) is 0 Å². The van der Waals surface area contributed by atoms with Crippen LogP contribution in [0.5, 0.6) is 5.75 Å². The predicted molar refractivity (Wildman–Crippen MR) is 61.1 cm³/mol. The molecule has 0 fully saturated rings. The molecule has 1 rings (SSSR count). The molecule has 1 aromatic rings. The van der Waals surface area contributed by atoms with Gasteiger partial charge in [-0.1, -0.05) is 18.2 Å². The summed E-state index contributed by atoms with van der Waals surface area (Å²) in [4.78, 5) is 0. The molecule has 0 aliphatic heterocycles. The molecule has 0 radical (unpaired) electrons. The van der Waals surface area contributed by atoms with Crippen molar-refractivity contribution in [2.45, 2.75) is 18.9 Å². The second-order valence-corrected chi connectivity index (χ2v) is 3.83. The van der Waals surface area contributed by atoms with E-state index in [2.05, 4.69) is 5.32 Å². The standard InChI is InChI=1S/C12H19NO2/c1-12(14,8-9-13-2)10-6-4-5-7-11(10)15-3/h4-7,13-14H,8-9H2,1-3H3. The van der Waals surface area contributed by atoms with Crippen LogP contribution in [0.2, 0.25) is 0 Å². The Hall–Kier alpha value is -1.06. The Morgan fingerprint density at radius 2 is 2.07 bits per heavy atom. The van der Waals surface area contributed by atoms with Crippen molar-refractivity contribution in [3.63, 3.8) is 0 Å². The van der Waals surface area contributed by atoms with Gasteiger partial charge in [-0.25, -0.2) is 0 Å². The molecule has 0 amide bonds. The second-order valence-electron chi connectivity index (χ2n) is 3.83. The van der Waals surface area contributed by atoms with E-state index >= 15 is 0 Å². The molecule has 84 valence electrons. The summed E-state index contributed by atoms with van der Waals surface area (Å²) in [6.45, 7) is 2.58. The fourth-order valence-corrected chi connectivity index (χ4v) is 1.59. The fourth-order valence-electron chi connectivity index (χ4n) is 1.59. The van der Waals surface area contributed by atoms with E-state index in [1.807, 2.05) is 38.2 Å². The van der Waals surface area contributed by atoms with Gasteiger partial charge in [0.05, 0.1) is 12.7 Å². The Kier molecular flexibility index (Phi) is 4.12. The SMILES string of the molecule is CNCCC(C)(O)c1ccccc1OC. The average Bonchev–Trinajstić information content (AvgIpc) is 2.26. The average molecular weight is 209 g/mol. The first-order valence-corrected chi connectivity index (χ1v) is 5.12. The maximum Gasteiger partial charge on any atom is 0.124 e. The van der Waals surface area contributed by atoms with Crippen LogP contribution >= 0.6 is 0 Å². The van der Waals surface area contributed by atoms with Gasteiger partial charge in [0.25, 0.3) is 0 Å². The van der Waals surface area contributed by atoms with Crippen molar-refractivity contribution in [1.29, 1.82) is 0 Å². The lowest BCUT2D eigenvalue weighted by Gasteiger charge is -2.25. The third kappa shape index (κ3) is 2.94. The van der Waals surface area contributed by atoms with Crippen LogP contribution in [0, 0.1) is 0 Å². The number of para-hydroxylation sites is 1. The van der Waals surface area contributed by atoms with Gasteiger partial charge in [-0.05, 0) is 33.0 Å². The molecule has 0 saturated heterocycles. The molecule has 3 heteroatoms. The van der Waals surface area contributed by atoms with Crippen LogP contribution in [0.3, 0.4) is 0 Å². The van der Waals surface area contributed by atoms with Crippen molar-refractivity contribution in [1.82, 2.24) is 5.32 Å². The quantitative estimate of drug-likeness (QED) is 0.772. The van der Waals surface area contributed by atoms with Gasteiger partial charge >= 0.3 is 0 Å². The first-order chi connectivity index (χ1) is 7.11. The molecule has 1 unspecified atom stereocenters. The van der Waals surface area contributed by atoms with Crippen LogP contribution in [-0.2, 0) is 5.60 Å². The van der Waals surface area contributed by atoms with Crippen LogP contribution < -0.4 is 10.1 Å². The number of rotatable bonds is 5. The summed E-state index contributed by atoms with van der Waals surface area (Å²) in [7, 11) is 3.49. The third-order valence-electron chi connectivity index (χ3n) is 2.55. The van der Waals surface area contributed by atoms with Crippen molar-refractivity contribution >= 4 is 0 Å². The topological polar surface area (TPSA) is 41.5 Å². The first kappa shape index (κ1) is 12.0. The number of nitrogens with one attached hydrogen (secondary N) is 1. The minimum atomic E-state index is -0.852. The van der Waals surface area contributed by atoms with Crippen LogP contribution in [0.4, 0.5) is 0 Å². The molecule has 0 aromatic heterocycles. The van der Waals surface area contributed by atoms with Gasteiger partial charge in [-0.15, -0.1) is 0 Å². The number of benzene rings is 1. The van der Waals surface area contributed by atoms with Crippen molar-refractivity contribution in [2.75, 3.05) is 20.7 Å². The zero-order chi connectivity index (χ0) is 11.3. The first-order valence-electron chi connectivity index (χ1n) is 5.12. The molecule has 1 atom stereocenters. The van der Waals surface area contributed by atoms with Gasteiger partial charge in [0.15, 0.2) is 0 Å². The van der Waals surface area contributed by atoms with E-state index in [9.17, 15) is 5.11 Å². The van der Waals surface area contributed by atoms with Crippen LogP contribution in [-0.4, -0.2) is 25.8 Å². The maximum absolute atomic E-state index is 10.3. The molecule has 0 aliphatic carbocycles. The monoisotopic (exact) mass is 209 g/mol. The van der Waals surface area contributed by atoms with E-state index in [0.29, 0.717) is 6.42 Å². The van der Waals surface area contributed by atoms with E-state index in [1.165, 1.54) is 0 Å². The summed E-state index contributed by atoms with van der Waals surface area (Å²) in [6.07, 6.45) is 0.657. The zero-order valence-electron chi connectivity index (χ0n) is 9.58. The molecule has 15 heavy (non-hydrogen) atoms. The molecule has 1 aromatic carbocycles. The summed E-state index contributed by atoms with van der Waals surface area (Å²) in [5.41, 5.74) is -0.0157. The molecule has 3 nitrogen and oxygen atoms in total. The van der Waals surface area contributed by atoms with Gasteiger partial charge in [0, 0.05) is 5.56 Å². The van der Waals surface area contributed by atoms with Crippen LogP contribution in [0.15, 0.2) is 24.3 Å². The van der Waals surface area contributed by atoms with Gasteiger partial charge in [-0.3, -0.25) is 0 Å². The lowest BCUT2D eigenvalue weighted by atomic mass is 9.92. The third-order valence-corrected chi connectivity index (χ3v) is 2.55. The lowest BCUT2D eigenvalue weighted by Crippen LogP contribution is -2.26. The fraction of sp³-hybridized carbons (Fsp3) is 0.500. The minimum Gasteiger partial charge on any atom is -0.496 e. The highest BCUT2D eigenvalue weighted by molar-refractivity contribution is 5.37. The van der Waals surface area contributed by atoms with Gasteiger partial charge in [0.1, 0.15) is 5.75 Å². The Morgan fingerprint density at radius 1 is 1.40 bits per heavy atom. The number of hydrogen-bond donors (Lipinski definition) is 2. The smallest absolute Gasteiger partial charge is 0.124 e. The van der Waals surface area contributed by atoms with Gasteiger partial charge in [-0.2, -0.15) is 0 Å². The molecule has 0 saturated carbocycles. The molecular formula is C12H19NO2. The molecule has 0 bridgehead atoms. The van der Waals surface area contributed by atoms with Gasteiger partial charge in [0.2, 0.25) is 0 Å². The number of aliphatic hydroxyl groups is 1. The Bertz CT molecular complexity index is 310. The number of methoxy groups -OCH3 is 1. The molecular weight excluding hydrogens is 190 g/mol. The Morgan fingerprint density at radius 3 is 2.67 bits per heavy atom. The highest BCUT2D eigenvalue weighted by atomic mass is 16.5. The molecule has 0 spiro atoms. The van der Waals surface area contributed by atoms with E-state index in [-0.39, 0.29) is 0 Å². The Labute approximate surface area is 91.1 Å². The van der Waals surface area contributed by atoms with Crippen molar-refractivity contribution in [3.8, 4) is 5.75 Å². The van der Waals surface area contributed by atoms with E-state index < -0.39 is 5.60 Å². The highest BCUT2D eigenvalue weighted by Crippen LogP contribution is 2.31. The maximum atomic E-state index is 10.3. The highest BCUT2D eigenvalue weighted by Gasteiger charge is 2.25. The van der Waals surface area contributed by atoms with E-state index in [4.69, 9.17) is 4.74 Å². The minimum absolute atomic E-state index is 0.657. The van der Waals surface area contributed by atoms with Crippen molar-refractivity contribution in [2.24, 2.45) is 0 Å².